The number of carbonyl (C=O) groups excluding carboxylic acids is 3. The van der Waals surface area contributed by atoms with Crippen molar-refractivity contribution in [2.45, 2.75) is 88.4 Å². The minimum atomic E-state index is -1.36. The van der Waals surface area contributed by atoms with Gasteiger partial charge in [0.05, 0.1) is 12.5 Å². The van der Waals surface area contributed by atoms with Crippen molar-refractivity contribution in [1.29, 1.82) is 0 Å². The summed E-state index contributed by atoms with van der Waals surface area (Å²) in [4.78, 5) is 60.7. The summed E-state index contributed by atoms with van der Waals surface area (Å²) < 4.78 is 0. The van der Waals surface area contributed by atoms with Crippen molar-refractivity contribution in [3.63, 3.8) is 0 Å². The molecule has 36 heavy (non-hydrogen) atoms. The van der Waals surface area contributed by atoms with Crippen LogP contribution in [0.3, 0.4) is 0 Å². The van der Waals surface area contributed by atoms with E-state index in [1.54, 1.807) is 0 Å². The standard InChI is InChI=1S/C22H43N7O7/c23-10-4-1-7-15(27-19(32)14(26)13-18(30)31)20(33)28-16(8-2-5-11-24)21(34)29-17(22(35)36)9-3-6-12-25/h14-17H,1-13,23-26H2,(H,27,32)(H,28,33)(H,29,34)(H,30,31)(H,35,36). The summed E-state index contributed by atoms with van der Waals surface area (Å²) in [5.41, 5.74) is 22.1. The number of hydrogen-bond donors (Lipinski definition) is 9. The zero-order valence-corrected chi connectivity index (χ0v) is 20.7. The summed E-state index contributed by atoms with van der Waals surface area (Å²) >= 11 is 0. The highest BCUT2D eigenvalue weighted by Crippen LogP contribution is 2.08. The molecule has 0 aliphatic rings. The highest BCUT2D eigenvalue weighted by molar-refractivity contribution is 5.94. The van der Waals surface area contributed by atoms with Gasteiger partial charge in [-0.25, -0.2) is 4.79 Å². The number of carboxylic acids is 2. The Morgan fingerprint density at radius 3 is 1.31 bits per heavy atom. The number of carbonyl (C=O) groups is 5. The molecule has 4 unspecified atom stereocenters. The van der Waals surface area contributed by atoms with Gasteiger partial charge in [-0.3, -0.25) is 19.2 Å². The van der Waals surface area contributed by atoms with E-state index in [1.807, 2.05) is 0 Å². The SMILES string of the molecule is NCCCCC(NC(=O)C(CCCCN)NC(=O)C(CCCCN)NC(=O)C(N)CC(=O)O)C(=O)O. The third kappa shape index (κ3) is 14.6. The van der Waals surface area contributed by atoms with E-state index in [1.165, 1.54) is 0 Å². The molecule has 0 rings (SSSR count). The van der Waals surface area contributed by atoms with Crippen molar-refractivity contribution in [3.8, 4) is 0 Å². The summed E-state index contributed by atoms with van der Waals surface area (Å²) in [6, 6.07) is -4.66. The third-order valence-electron chi connectivity index (χ3n) is 5.45. The van der Waals surface area contributed by atoms with Crippen LogP contribution >= 0.6 is 0 Å². The van der Waals surface area contributed by atoms with Crippen molar-refractivity contribution >= 4 is 29.7 Å². The van der Waals surface area contributed by atoms with Crippen molar-refractivity contribution in [2.75, 3.05) is 19.6 Å². The first-order chi connectivity index (χ1) is 17.1. The van der Waals surface area contributed by atoms with Gasteiger partial charge in [0.25, 0.3) is 0 Å². The van der Waals surface area contributed by atoms with E-state index in [2.05, 4.69) is 16.0 Å². The van der Waals surface area contributed by atoms with E-state index in [4.69, 9.17) is 28.0 Å². The molecule has 0 aromatic carbocycles. The lowest BCUT2D eigenvalue weighted by molar-refractivity contribution is -0.142. The van der Waals surface area contributed by atoms with Crippen LogP contribution in [0.1, 0.15) is 64.2 Å². The molecule has 0 heterocycles. The second-order valence-electron chi connectivity index (χ2n) is 8.58. The Balaban J connectivity index is 5.49. The average molecular weight is 518 g/mol. The van der Waals surface area contributed by atoms with Crippen LogP contribution in [-0.2, 0) is 24.0 Å². The molecule has 0 aliphatic carbocycles. The molecule has 0 aliphatic heterocycles. The van der Waals surface area contributed by atoms with E-state index in [-0.39, 0.29) is 19.3 Å². The number of amides is 3. The number of unbranched alkanes of at least 4 members (excludes halogenated alkanes) is 3. The number of carboxylic acid groups (broad SMARTS) is 2. The van der Waals surface area contributed by atoms with Crippen molar-refractivity contribution < 1.29 is 34.2 Å². The minimum Gasteiger partial charge on any atom is -0.481 e. The van der Waals surface area contributed by atoms with Crippen LogP contribution in [0.5, 0.6) is 0 Å². The predicted octanol–water partition coefficient (Wildman–Crippen LogP) is -2.29. The van der Waals surface area contributed by atoms with Crippen LogP contribution < -0.4 is 38.9 Å². The van der Waals surface area contributed by atoms with Crippen LogP contribution in [0.2, 0.25) is 0 Å². The summed E-state index contributed by atoms with van der Waals surface area (Å²) in [7, 11) is 0. The van der Waals surface area contributed by atoms with Gasteiger partial charge in [0.15, 0.2) is 0 Å². The first-order valence-corrected chi connectivity index (χ1v) is 12.3. The molecule has 0 saturated heterocycles. The maximum Gasteiger partial charge on any atom is 0.326 e. The van der Waals surface area contributed by atoms with Crippen LogP contribution in [0, 0.1) is 0 Å². The second-order valence-corrected chi connectivity index (χ2v) is 8.58. The Morgan fingerprint density at radius 1 is 0.583 bits per heavy atom. The number of aliphatic carboxylic acids is 2. The summed E-state index contributed by atoms with van der Waals surface area (Å²) in [5, 5.41) is 25.8. The van der Waals surface area contributed by atoms with E-state index in [9.17, 15) is 29.1 Å². The number of nitrogens with one attached hydrogen (secondary N) is 3. The normalized spacial score (nSPS) is 14.2. The molecule has 13 N–H and O–H groups in total. The van der Waals surface area contributed by atoms with Gasteiger partial charge in [-0.05, 0) is 77.4 Å². The molecule has 14 nitrogen and oxygen atoms in total. The first kappa shape index (κ1) is 33.2. The van der Waals surface area contributed by atoms with Crippen LogP contribution in [0.25, 0.3) is 0 Å². The molecule has 0 aromatic heterocycles. The zero-order chi connectivity index (χ0) is 27.5. The topological polar surface area (TPSA) is 266 Å². The monoisotopic (exact) mass is 517 g/mol. The Kier molecular flexibility index (Phi) is 17.9. The largest absolute Gasteiger partial charge is 0.481 e. The summed E-state index contributed by atoms with van der Waals surface area (Å²) in [6.45, 7) is 1.13. The molecule has 4 atom stereocenters. The molecule has 208 valence electrons. The lowest BCUT2D eigenvalue weighted by atomic mass is 10.0. The first-order valence-electron chi connectivity index (χ1n) is 12.3. The fraction of sp³-hybridized carbons (Fsp3) is 0.773. The molecule has 0 bridgehead atoms. The summed E-state index contributed by atoms with van der Waals surface area (Å²) in [6.07, 6.45) is 3.18. The van der Waals surface area contributed by atoms with Crippen LogP contribution in [-0.4, -0.2) is 83.7 Å². The van der Waals surface area contributed by atoms with Gasteiger partial charge in [-0.2, -0.15) is 0 Å². The number of nitrogens with two attached hydrogens (primary N) is 4. The van der Waals surface area contributed by atoms with Gasteiger partial charge in [0.1, 0.15) is 18.1 Å². The molecule has 0 spiro atoms. The Labute approximate surface area is 211 Å². The van der Waals surface area contributed by atoms with E-state index >= 15 is 0 Å². The predicted molar refractivity (Wildman–Crippen MR) is 132 cm³/mol. The average Bonchev–Trinajstić information content (AvgIpc) is 2.81. The lowest BCUT2D eigenvalue weighted by Gasteiger charge is -2.25. The maximum atomic E-state index is 13.0. The highest BCUT2D eigenvalue weighted by Gasteiger charge is 2.30. The maximum absolute atomic E-state index is 13.0. The van der Waals surface area contributed by atoms with Gasteiger partial charge in [0.2, 0.25) is 17.7 Å². The van der Waals surface area contributed by atoms with Gasteiger partial charge >= 0.3 is 11.9 Å². The van der Waals surface area contributed by atoms with Crippen molar-refractivity contribution in [2.24, 2.45) is 22.9 Å². The Bertz CT molecular complexity index is 708. The van der Waals surface area contributed by atoms with Gasteiger partial charge in [-0.1, -0.05) is 0 Å². The van der Waals surface area contributed by atoms with Crippen LogP contribution in [0.4, 0.5) is 0 Å². The second kappa shape index (κ2) is 19.4. The van der Waals surface area contributed by atoms with E-state index in [0.29, 0.717) is 58.2 Å². The van der Waals surface area contributed by atoms with Gasteiger partial charge in [-0.15, -0.1) is 0 Å². The molecule has 3 amide bonds. The fourth-order valence-corrected chi connectivity index (χ4v) is 3.38. The van der Waals surface area contributed by atoms with Crippen molar-refractivity contribution in [1.82, 2.24) is 16.0 Å². The third-order valence-corrected chi connectivity index (χ3v) is 5.45. The molecule has 0 radical (unpaired) electrons. The van der Waals surface area contributed by atoms with Gasteiger partial charge < -0.3 is 49.1 Å². The van der Waals surface area contributed by atoms with Gasteiger partial charge in [0, 0.05) is 0 Å². The molecule has 0 aromatic rings. The quantitative estimate of drug-likeness (QED) is 0.0731. The lowest BCUT2D eigenvalue weighted by Crippen LogP contribution is -2.57. The summed E-state index contributed by atoms with van der Waals surface area (Å²) in [5.74, 6) is -4.63. The molecule has 0 fully saturated rings. The molecule has 0 saturated carbocycles. The fourth-order valence-electron chi connectivity index (χ4n) is 3.38. The van der Waals surface area contributed by atoms with Crippen LogP contribution in [0.15, 0.2) is 0 Å². The van der Waals surface area contributed by atoms with E-state index < -0.39 is 60.2 Å². The Hall–Kier alpha value is -2.81. The smallest absolute Gasteiger partial charge is 0.326 e. The molecule has 14 heteroatoms. The highest BCUT2D eigenvalue weighted by atomic mass is 16.4. The van der Waals surface area contributed by atoms with E-state index in [0.717, 1.165) is 0 Å². The van der Waals surface area contributed by atoms with Crippen molar-refractivity contribution in [3.05, 3.63) is 0 Å². The zero-order valence-electron chi connectivity index (χ0n) is 20.7. The Morgan fingerprint density at radius 2 is 0.944 bits per heavy atom. The molecular weight excluding hydrogens is 474 g/mol. The number of hydrogen-bond acceptors (Lipinski definition) is 9. The minimum absolute atomic E-state index is 0.182. The molecular formula is C22H43N7O7. The number of rotatable bonds is 21.